The first-order valence-corrected chi connectivity index (χ1v) is 5.08. The second-order valence-electron chi connectivity index (χ2n) is 4.53. The van der Waals surface area contributed by atoms with Crippen LogP contribution >= 0.6 is 0 Å². The Morgan fingerprint density at radius 1 is 1.41 bits per heavy atom. The summed E-state index contributed by atoms with van der Waals surface area (Å²) in [6, 6.07) is 6.39. The first kappa shape index (κ1) is 13.1. The van der Waals surface area contributed by atoms with Gasteiger partial charge in [-0.15, -0.1) is 0 Å². The van der Waals surface area contributed by atoms with Gasteiger partial charge in [-0.1, -0.05) is 12.1 Å². The first-order chi connectivity index (χ1) is 7.82. The molecule has 1 aromatic rings. The molecule has 0 spiro atoms. The number of quaternary nitrogens is 1. The zero-order valence-electron chi connectivity index (χ0n) is 9.79. The molecule has 0 aliphatic rings. The maximum atomic E-state index is 10.8. The van der Waals surface area contributed by atoms with Crippen LogP contribution in [-0.2, 0) is 11.3 Å². The van der Waals surface area contributed by atoms with Crippen molar-refractivity contribution in [3.8, 4) is 0 Å². The van der Waals surface area contributed by atoms with Crippen LogP contribution in [0.25, 0.3) is 0 Å². The topological polar surface area (TPSA) is 80.4 Å². The highest BCUT2D eigenvalue weighted by atomic mass is 16.6. The van der Waals surface area contributed by atoms with Crippen LogP contribution in [0.1, 0.15) is 5.56 Å². The number of benzene rings is 1. The number of carboxylic acid groups (broad SMARTS) is 1. The molecule has 0 unspecified atom stereocenters. The second kappa shape index (κ2) is 4.92. The number of hydrogen-bond acceptors (Lipinski definition) is 3. The van der Waals surface area contributed by atoms with Crippen LogP contribution in [0.5, 0.6) is 0 Å². The number of nitro benzene ring substituents is 1. The lowest BCUT2D eigenvalue weighted by Gasteiger charge is -2.27. The molecule has 0 aromatic heterocycles. The normalized spacial score (nSPS) is 11.2. The fraction of sp³-hybridized carbons (Fsp3) is 0.364. The van der Waals surface area contributed by atoms with Crippen LogP contribution in [-0.4, -0.2) is 41.1 Å². The van der Waals surface area contributed by atoms with Crippen molar-refractivity contribution < 1.29 is 19.3 Å². The van der Waals surface area contributed by atoms with E-state index in [0.717, 1.165) is 0 Å². The molecule has 0 aliphatic carbocycles. The molecule has 17 heavy (non-hydrogen) atoms. The molecule has 1 aromatic carbocycles. The molecule has 1 rings (SSSR count). The van der Waals surface area contributed by atoms with Gasteiger partial charge in [-0.2, -0.15) is 0 Å². The monoisotopic (exact) mass is 239 g/mol. The Balaban J connectivity index is 2.95. The third-order valence-electron chi connectivity index (χ3n) is 2.35. The molecule has 0 bridgehead atoms. The highest BCUT2D eigenvalue weighted by Gasteiger charge is 2.24. The predicted octanol–water partition coefficient (Wildman–Crippen LogP) is 1.26. The van der Waals surface area contributed by atoms with Crippen molar-refractivity contribution in [3.05, 3.63) is 39.9 Å². The summed E-state index contributed by atoms with van der Waals surface area (Å²) in [5.74, 6) is -0.923. The number of aliphatic carboxylic acids is 1. The molecule has 0 fully saturated rings. The van der Waals surface area contributed by atoms with Crippen molar-refractivity contribution in [1.82, 2.24) is 0 Å². The molecule has 92 valence electrons. The molecule has 0 heterocycles. The first-order valence-electron chi connectivity index (χ1n) is 5.08. The fourth-order valence-corrected chi connectivity index (χ4v) is 1.71. The van der Waals surface area contributed by atoms with Gasteiger partial charge in [0.05, 0.1) is 24.6 Å². The number of likely N-dealkylation sites (N-methyl/N-ethyl adjacent to an activating group) is 1. The predicted molar refractivity (Wildman–Crippen MR) is 61.4 cm³/mol. The Kier molecular flexibility index (Phi) is 3.80. The van der Waals surface area contributed by atoms with Gasteiger partial charge < -0.3 is 9.59 Å². The molecule has 0 aliphatic heterocycles. The van der Waals surface area contributed by atoms with Gasteiger partial charge in [0.15, 0.2) is 6.54 Å². The van der Waals surface area contributed by atoms with Crippen molar-refractivity contribution in [2.45, 2.75) is 6.54 Å². The standard InChI is InChI=1S/C11H14N2O4/c1-13(2,8-11(14)15)7-9-5-3-4-6-10(9)12(16)17/h3-6H,7-8H2,1-2H3/p+1. The van der Waals surface area contributed by atoms with Gasteiger partial charge in [-0.3, -0.25) is 10.1 Å². The van der Waals surface area contributed by atoms with E-state index in [2.05, 4.69) is 0 Å². The maximum absolute atomic E-state index is 10.8. The van der Waals surface area contributed by atoms with E-state index in [1.165, 1.54) is 6.07 Å². The van der Waals surface area contributed by atoms with Crippen molar-refractivity contribution in [1.29, 1.82) is 0 Å². The number of nitro groups is 1. The van der Waals surface area contributed by atoms with E-state index >= 15 is 0 Å². The van der Waals surface area contributed by atoms with Crippen molar-refractivity contribution >= 4 is 11.7 Å². The van der Waals surface area contributed by atoms with E-state index in [9.17, 15) is 14.9 Å². The van der Waals surface area contributed by atoms with E-state index in [1.807, 2.05) is 0 Å². The van der Waals surface area contributed by atoms with Gasteiger partial charge in [0.2, 0.25) is 0 Å². The van der Waals surface area contributed by atoms with Gasteiger partial charge in [0.25, 0.3) is 5.69 Å². The van der Waals surface area contributed by atoms with Gasteiger partial charge in [0.1, 0.15) is 6.54 Å². The molecule has 0 radical (unpaired) electrons. The average Bonchev–Trinajstić information content (AvgIpc) is 2.14. The second-order valence-corrected chi connectivity index (χ2v) is 4.53. The van der Waals surface area contributed by atoms with Crippen molar-refractivity contribution in [3.63, 3.8) is 0 Å². The molecule has 0 saturated carbocycles. The minimum Gasteiger partial charge on any atom is -0.477 e. The van der Waals surface area contributed by atoms with Crippen molar-refractivity contribution in [2.75, 3.05) is 20.6 Å². The van der Waals surface area contributed by atoms with Crippen LogP contribution in [0.2, 0.25) is 0 Å². The van der Waals surface area contributed by atoms with Crippen LogP contribution in [0.4, 0.5) is 5.69 Å². The third-order valence-corrected chi connectivity index (χ3v) is 2.35. The maximum Gasteiger partial charge on any atom is 0.359 e. The van der Waals surface area contributed by atoms with Gasteiger partial charge >= 0.3 is 5.97 Å². The van der Waals surface area contributed by atoms with Crippen molar-refractivity contribution in [2.24, 2.45) is 0 Å². The lowest BCUT2D eigenvalue weighted by Crippen LogP contribution is -2.43. The molecular formula is C11H15N2O4+. The largest absolute Gasteiger partial charge is 0.477 e. The fourth-order valence-electron chi connectivity index (χ4n) is 1.71. The number of carboxylic acids is 1. The SMILES string of the molecule is C[N+](C)(CC(=O)O)Cc1ccccc1[N+](=O)[O-]. The summed E-state index contributed by atoms with van der Waals surface area (Å²) in [6.07, 6.45) is 0. The van der Waals surface area contributed by atoms with Gasteiger partial charge in [0, 0.05) is 6.07 Å². The Bertz CT molecular complexity index is 443. The molecule has 0 saturated heterocycles. The minimum absolute atomic E-state index is 0.0316. The Morgan fingerprint density at radius 3 is 2.53 bits per heavy atom. The summed E-state index contributed by atoms with van der Waals surface area (Å²) in [4.78, 5) is 21.0. The lowest BCUT2D eigenvalue weighted by molar-refractivity contribution is -0.896. The zero-order valence-corrected chi connectivity index (χ0v) is 9.79. The minimum atomic E-state index is -0.923. The number of nitrogens with zero attached hydrogens (tertiary/aromatic N) is 2. The molecule has 1 N–H and O–H groups in total. The van der Waals surface area contributed by atoms with E-state index in [-0.39, 0.29) is 16.7 Å². The summed E-state index contributed by atoms with van der Waals surface area (Å²) in [5.41, 5.74) is 0.577. The summed E-state index contributed by atoms with van der Waals surface area (Å²) >= 11 is 0. The van der Waals surface area contributed by atoms with Gasteiger partial charge in [-0.25, -0.2) is 4.79 Å². The van der Waals surface area contributed by atoms with E-state index in [4.69, 9.17) is 5.11 Å². The van der Waals surface area contributed by atoms with Crippen LogP contribution in [0.3, 0.4) is 0 Å². The number of para-hydroxylation sites is 1. The Hall–Kier alpha value is -1.95. The quantitative estimate of drug-likeness (QED) is 0.476. The summed E-state index contributed by atoms with van der Waals surface area (Å²) in [7, 11) is 3.45. The van der Waals surface area contributed by atoms with Gasteiger partial charge in [-0.05, 0) is 6.07 Å². The van der Waals surface area contributed by atoms with E-state index < -0.39 is 10.9 Å². The van der Waals surface area contributed by atoms with Crippen LogP contribution in [0, 0.1) is 10.1 Å². The number of carbonyl (C=O) groups is 1. The summed E-state index contributed by atoms with van der Waals surface area (Å²) < 4.78 is 0.167. The molecule has 6 nitrogen and oxygen atoms in total. The van der Waals surface area contributed by atoms with Crippen LogP contribution in [0.15, 0.2) is 24.3 Å². The highest BCUT2D eigenvalue weighted by molar-refractivity contribution is 5.67. The summed E-state index contributed by atoms with van der Waals surface area (Å²) in [6.45, 7) is 0.232. The number of rotatable bonds is 5. The Labute approximate surface area is 98.8 Å². The lowest BCUT2D eigenvalue weighted by atomic mass is 10.1. The third kappa shape index (κ3) is 3.84. The molecule has 0 atom stereocenters. The molecule has 0 amide bonds. The molecule has 6 heteroatoms. The highest BCUT2D eigenvalue weighted by Crippen LogP contribution is 2.21. The number of hydrogen-bond donors (Lipinski definition) is 1. The Morgan fingerprint density at radius 2 is 2.00 bits per heavy atom. The van der Waals surface area contributed by atoms with E-state index in [0.29, 0.717) is 12.1 Å². The van der Waals surface area contributed by atoms with Crippen LogP contribution < -0.4 is 0 Å². The van der Waals surface area contributed by atoms with E-state index in [1.54, 1.807) is 32.3 Å². The zero-order chi connectivity index (χ0) is 13.1. The smallest absolute Gasteiger partial charge is 0.359 e. The molecular weight excluding hydrogens is 224 g/mol. The average molecular weight is 239 g/mol. The summed E-state index contributed by atoms with van der Waals surface area (Å²) in [5, 5.41) is 19.6.